The van der Waals surface area contributed by atoms with Crippen LogP contribution in [0.25, 0.3) is 75.5 Å². The smallest absolute Gasteiger partial charge is 0.135 e. The van der Waals surface area contributed by atoms with Gasteiger partial charge in [-0.15, -0.1) is 11.3 Å². The summed E-state index contributed by atoms with van der Waals surface area (Å²) in [5.74, 6) is 0. The Morgan fingerprint density at radius 3 is 2.05 bits per heavy atom. The Hall–Kier alpha value is -5.68. The van der Waals surface area contributed by atoms with E-state index in [9.17, 15) is 10.5 Å². The van der Waals surface area contributed by atoms with E-state index in [4.69, 9.17) is 4.42 Å². The van der Waals surface area contributed by atoms with Crippen LogP contribution in [0.15, 0.2) is 126 Å². The molecule has 0 amide bonds. The highest BCUT2D eigenvalue weighted by atomic mass is 32.1. The van der Waals surface area contributed by atoms with Crippen LogP contribution in [0.1, 0.15) is 11.1 Å². The molecule has 2 aromatic heterocycles. The van der Waals surface area contributed by atoms with Crippen molar-refractivity contribution < 1.29 is 4.42 Å². The standard InChI is InChI=1S/C38H20N2OS/c39-21-23-9-13-29(27(17-23)22-40)32-18-24(25-12-16-38-34(19-25)31-6-2-4-8-37(31)42-38)10-14-28(32)26-11-15-36-33(20-26)30-5-1-3-7-35(30)41-36/h1-20H. The van der Waals surface area contributed by atoms with Crippen LogP contribution in [-0.2, 0) is 0 Å². The van der Waals surface area contributed by atoms with Crippen molar-refractivity contribution in [3.63, 3.8) is 0 Å². The molecule has 8 rings (SSSR count). The molecule has 2 heterocycles. The van der Waals surface area contributed by atoms with Crippen molar-refractivity contribution in [2.45, 2.75) is 0 Å². The molecule has 0 saturated carbocycles. The summed E-state index contributed by atoms with van der Waals surface area (Å²) in [6.45, 7) is 0. The van der Waals surface area contributed by atoms with Gasteiger partial charge in [-0.05, 0) is 82.4 Å². The van der Waals surface area contributed by atoms with Gasteiger partial charge in [0.15, 0.2) is 0 Å². The summed E-state index contributed by atoms with van der Waals surface area (Å²) in [4.78, 5) is 0. The van der Waals surface area contributed by atoms with E-state index in [0.717, 1.165) is 55.3 Å². The second-order valence-electron chi connectivity index (χ2n) is 10.4. The number of nitrogens with zero attached hydrogens (tertiary/aromatic N) is 2. The Morgan fingerprint density at radius 2 is 1.17 bits per heavy atom. The largest absolute Gasteiger partial charge is 0.456 e. The van der Waals surface area contributed by atoms with Crippen LogP contribution in [0, 0.1) is 22.7 Å². The molecule has 0 aliphatic heterocycles. The summed E-state index contributed by atoms with van der Waals surface area (Å²) in [5, 5.41) is 24.2. The van der Waals surface area contributed by atoms with E-state index in [-0.39, 0.29) is 0 Å². The summed E-state index contributed by atoms with van der Waals surface area (Å²) in [6.07, 6.45) is 0. The van der Waals surface area contributed by atoms with Gasteiger partial charge in [0.2, 0.25) is 0 Å². The minimum atomic E-state index is 0.467. The highest BCUT2D eigenvalue weighted by Crippen LogP contribution is 2.41. The van der Waals surface area contributed by atoms with Gasteiger partial charge in [0.1, 0.15) is 11.2 Å². The van der Waals surface area contributed by atoms with Gasteiger partial charge in [-0.2, -0.15) is 10.5 Å². The Kier molecular flexibility index (Phi) is 5.44. The number of furan rings is 1. The van der Waals surface area contributed by atoms with Gasteiger partial charge in [-0.3, -0.25) is 0 Å². The number of hydrogen-bond acceptors (Lipinski definition) is 4. The Morgan fingerprint density at radius 1 is 0.476 bits per heavy atom. The van der Waals surface area contributed by atoms with Gasteiger partial charge >= 0.3 is 0 Å². The number of fused-ring (bicyclic) bond motifs is 6. The van der Waals surface area contributed by atoms with Crippen molar-refractivity contribution >= 4 is 53.4 Å². The second-order valence-corrected chi connectivity index (χ2v) is 11.4. The summed E-state index contributed by atoms with van der Waals surface area (Å²) in [6, 6.07) is 45.8. The fraction of sp³-hybridized carbons (Fsp3) is 0. The fourth-order valence-corrected chi connectivity index (χ4v) is 7.03. The summed E-state index contributed by atoms with van der Waals surface area (Å²) in [7, 11) is 0. The highest BCUT2D eigenvalue weighted by molar-refractivity contribution is 7.25. The SMILES string of the molecule is N#Cc1ccc(-c2cc(-c3ccc4sc5ccccc5c4c3)ccc2-c2ccc3oc4ccccc4c3c2)c(C#N)c1. The van der Waals surface area contributed by atoms with Gasteiger partial charge in [0.25, 0.3) is 0 Å². The van der Waals surface area contributed by atoms with E-state index < -0.39 is 0 Å². The molecule has 0 bridgehead atoms. The van der Waals surface area contributed by atoms with Crippen LogP contribution >= 0.6 is 11.3 Å². The number of thiophene rings is 1. The zero-order chi connectivity index (χ0) is 28.2. The quantitative estimate of drug-likeness (QED) is 0.219. The summed E-state index contributed by atoms with van der Waals surface area (Å²) >= 11 is 1.81. The lowest BCUT2D eigenvalue weighted by molar-refractivity contribution is 0.669. The minimum absolute atomic E-state index is 0.467. The number of rotatable bonds is 3. The van der Waals surface area contributed by atoms with E-state index in [0.29, 0.717) is 11.1 Å². The van der Waals surface area contributed by atoms with Crippen LogP contribution < -0.4 is 0 Å². The lowest BCUT2D eigenvalue weighted by Crippen LogP contribution is -1.92. The first-order chi connectivity index (χ1) is 20.7. The molecule has 0 radical (unpaired) electrons. The molecule has 42 heavy (non-hydrogen) atoms. The molecule has 6 aromatic carbocycles. The fourth-order valence-electron chi connectivity index (χ4n) is 5.94. The predicted molar refractivity (Wildman–Crippen MR) is 172 cm³/mol. The number of nitriles is 2. The lowest BCUT2D eigenvalue weighted by atomic mass is 9.88. The van der Waals surface area contributed by atoms with Crippen LogP contribution in [0.3, 0.4) is 0 Å². The highest BCUT2D eigenvalue weighted by Gasteiger charge is 2.16. The molecule has 194 valence electrons. The van der Waals surface area contributed by atoms with Crippen molar-refractivity contribution in [3.8, 4) is 45.5 Å². The predicted octanol–water partition coefficient (Wildman–Crippen LogP) is 10.7. The topological polar surface area (TPSA) is 60.7 Å². The molecular formula is C38H20N2OS. The Bertz CT molecular complexity index is 2450. The van der Waals surface area contributed by atoms with Crippen molar-refractivity contribution in [3.05, 3.63) is 132 Å². The molecule has 0 spiro atoms. The molecule has 0 N–H and O–H groups in total. The molecule has 0 aliphatic carbocycles. The van der Waals surface area contributed by atoms with Crippen molar-refractivity contribution in [1.82, 2.24) is 0 Å². The van der Waals surface area contributed by atoms with Crippen LogP contribution in [0.5, 0.6) is 0 Å². The maximum absolute atomic E-state index is 10.1. The molecule has 0 aliphatic rings. The maximum Gasteiger partial charge on any atom is 0.135 e. The molecule has 0 saturated heterocycles. The lowest BCUT2D eigenvalue weighted by Gasteiger charge is -2.15. The van der Waals surface area contributed by atoms with E-state index in [2.05, 4.69) is 91.0 Å². The van der Waals surface area contributed by atoms with Crippen LogP contribution in [-0.4, -0.2) is 0 Å². The third-order valence-corrected chi connectivity index (χ3v) is 9.13. The van der Waals surface area contributed by atoms with E-state index in [1.807, 2.05) is 30.3 Å². The van der Waals surface area contributed by atoms with Gasteiger partial charge in [0.05, 0.1) is 23.3 Å². The average Bonchev–Trinajstić information content (AvgIpc) is 3.61. The number of benzene rings is 6. The molecular weight excluding hydrogens is 532 g/mol. The molecule has 3 nitrogen and oxygen atoms in total. The third-order valence-electron chi connectivity index (χ3n) is 7.98. The molecule has 4 heteroatoms. The normalized spacial score (nSPS) is 11.3. The van der Waals surface area contributed by atoms with Crippen molar-refractivity contribution in [1.29, 1.82) is 10.5 Å². The maximum atomic E-state index is 10.1. The first-order valence-electron chi connectivity index (χ1n) is 13.6. The van der Waals surface area contributed by atoms with Gasteiger partial charge < -0.3 is 4.42 Å². The van der Waals surface area contributed by atoms with Gasteiger partial charge in [-0.25, -0.2) is 0 Å². The average molecular weight is 553 g/mol. The zero-order valence-electron chi connectivity index (χ0n) is 22.3. The van der Waals surface area contributed by atoms with Crippen molar-refractivity contribution in [2.24, 2.45) is 0 Å². The van der Waals surface area contributed by atoms with E-state index >= 15 is 0 Å². The van der Waals surface area contributed by atoms with Crippen LogP contribution in [0.4, 0.5) is 0 Å². The van der Waals surface area contributed by atoms with Crippen molar-refractivity contribution in [2.75, 3.05) is 0 Å². The van der Waals surface area contributed by atoms with Gasteiger partial charge in [0, 0.05) is 36.5 Å². The van der Waals surface area contributed by atoms with Gasteiger partial charge in [-0.1, -0.05) is 66.7 Å². The monoisotopic (exact) mass is 552 g/mol. The first kappa shape index (κ1) is 24.1. The zero-order valence-corrected chi connectivity index (χ0v) is 23.1. The summed E-state index contributed by atoms with van der Waals surface area (Å²) < 4.78 is 8.62. The van der Waals surface area contributed by atoms with E-state index in [1.54, 1.807) is 23.5 Å². The third kappa shape index (κ3) is 3.79. The minimum Gasteiger partial charge on any atom is -0.456 e. The number of hydrogen-bond donors (Lipinski definition) is 0. The molecule has 0 fully saturated rings. The Labute approximate surface area is 245 Å². The second kappa shape index (κ2) is 9.46. The first-order valence-corrected chi connectivity index (χ1v) is 14.4. The van der Waals surface area contributed by atoms with E-state index in [1.165, 1.54) is 20.2 Å². The molecule has 0 unspecified atom stereocenters. The van der Waals surface area contributed by atoms with Crippen LogP contribution in [0.2, 0.25) is 0 Å². The molecule has 0 atom stereocenters. The molecule has 8 aromatic rings. The Balaban J connectivity index is 1.36. The number of para-hydroxylation sites is 1. The summed E-state index contributed by atoms with van der Waals surface area (Å²) in [5.41, 5.74) is 8.59.